The Balaban J connectivity index is 1.84. The fourth-order valence-corrected chi connectivity index (χ4v) is 3.18. The molecule has 0 radical (unpaired) electrons. The number of benzene rings is 1. The Morgan fingerprint density at radius 1 is 1.41 bits per heavy atom. The number of β-amino-alcohol motifs (C(OH)–C–C–N with tert-alkyl or cyclic N) is 1. The van der Waals surface area contributed by atoms with E-state index in [-0.39, 0.29) is 0 Å². The van der Waals surface area contributed by atoms with E-state index in [1.165, 1.54) is 0 Å². The average Bonchev–Trinajstić information content (AvgIpc) is 2.84. The first kappa shape index (κ1) is 17.7. The molecule has 3 nitrogen and oxygen atoms in total. The highest BCUT2D eigenvalue weighted by Crippen LogP contribution is 2.26. The molecule has 1 N–H and O–H groups in total. The number of ether oxygens (including phenoxy) is 1. The fraction of sp³-hybridized carbons (Fsp3) is 0.667. The smallest absolute Gasteiger partial charge is 0.0917 e. The molecule has 1 heterocycles. The summed E-state index contributed by atoms with van der Waals surface area (Å²) in [5, 5.41) is 11.1. The number of hydrogen-bond acceptors (Lipinski definition) is 3. The first-order valence-electron chi connectivity index (χ1n) is 8.27. The molecule has 0 bridgehead atoms. The molecule has 0 amide bonds. The molecule has 0 aliphatic carbocycles. The van der Waals surface area contributed by atoms with Gasteiger partial charge in [0, 0.05) is 24.7 Å². The van der Waals surface area contributed by atoms with Crippen molar-refractivity contribution >= 4 is 11.6 Å². The third-order valence-electron chi connectivity index (χ3n) is 4.68. The summed E-state index contributed by atoms with van der Waals surface area (Å²) in [4.78, 5) is 2.33. The largest absolute Gasteiger partial charge is 0.387 e. The Hall–Kier alpha value is -0.610. The predicted molar refractivity (Wildman–Crippen MR) is 91.2 cm³/mol. The van der Waals surface area contributed by atoms with Crippen molar-refractivity contribution in [1.29, 1.82) is 0 Å². The van der Waals surface area contributed by atoms with Crippen LogP contribution in [0.4, 0.5) is 0 Å². The van der Waals surface area contributed by atoms with Crippen LogP contribution in [0.15, 0.2) is 24.3 Å². The summed E-state index contributed by atoms with van der Waals surface area (Å²) < 4.78 is 5.89. The quantitative estimate of drug-likeness (QED) is 0.828. The molecule has 4 heteroatoms. The number of rotatable bonds is 7. The second-order valence-corrected chi connectivity index (χ2v) is 7.02. The summed E-state index contributed by atoms with van der Waals surface area (Å²) in [6.45, 7) is 10.0. The second kappa shape index (κ2) is 8.30. The second-order valence-electron chi connectivity index (χ2n) is 6.58. The van der Waals surface area contributed by atoms with Crippen LogP contribution < -0.4 is 0 Å². The van der Waals surface area contributed by atoms with Crippen LogP contribution in [0.1, 0.15) is 38.9 Å². The van der Waals surface area contributed by atoms with Gasteiger partial charge in [-0.3, -0.25) is 4.90 Å². The van der Waals surface area contributed by atoms with Gasteiger partial charge in [-0.2, -0.15) is 0 Å². The summed E-state index contributed by atoms with van der Waals surface area (Å²) in [7, 11) is 0. The normalized spacial score (nSPS) is 25.3. The van der Waals surface area contributed by atoms with Crippen molar-refractivity contribution in [2.75, 3.05) is 26.2 Å². The van der Waals surface area contributed by atoms with Gasteiger partial charge in [-0.1, -0.05) is 37.6 Å². The zero-order valence-corrected chi connectivity index (χ0v) is 14.6. The van der Waals surface area contributed by atoms with E-state index >= 15 is 0 Å². The average molecular weight is 326 g/mol. The molecule has 0 aromatic heterocycles. The Morgan fingerprint density at radius 2 is 2.18 bits per heavy atom. The Kier molecular flexibility index (Phi) is 6.69. The van der Waals surface area contributed by atoms with Crippen molar-refractivity contribution in [2.45, 2.75) is 39.4 Å². The molecule has 2 rings (SSSR count). The molecular weight excluding hydrogens is 298 g/mol. The zero-order valence-electron chi connectivity index (χ0n) is 13.8. The van der Waals surface area contributed by atoms with Crippen LogP contribution in [0.25, 0.3) is 0 Å². The Labute approximate surface area is 139 Å². The summed E-state index contributed by atoms with van der Waals surface area (Å²) in [5.74, 6) is 1.16. The molecule has 1 aliphatic heterocycles. The number of aliphatic hydroxyl groups excluding tert-OH is 1. The van der Waals surface area contributed by atoms with Gasteiger partial charge < -0.3 is 9.84 Å². The standard InChI is InChI=1S/C18H28ClNO2/c1-4-14(3)22-12-16-10-20(9-13(16)2)11-18(21)15-6-5-7-17(19)8-15/h5-8,13-14,16,18,21H,4,9-12H2,1-3H3. The van der Waals surface area contributed by atoms with Crippen molar-refractivity contribution in [3.05, 3.63) is 34.9 Å². The van der Waals surface area contributed by atoms with Crippen LogP contribution in [0.5, 0.6) is 0 Å². The van der Waals surface area contributed by atoms with E-state index in [1.54, 1.807) is 0 Å². The maximum atomic E-state index is 10.4. The lowest BCUT2D eigenvalue weighted by atomic mass is 9.99. The van der Waals surface area contributed by atoms with Crippen LogP contribution in [0.3, 0.4) is 0 Å². The molecule has 22 heavy (non-hydrogen) atoms. The lowest BCUT2D eigenvalue weighted by Crippen LogP contribution is -2.27. The number of likely N-dealkylation sites (tertiary alicyclic amines) is 1. The van der Waals surface area contributed by atoms with Crippen LogP contribution >= 0.6 is 11.6 Å². The molecule has 1 aromatic carbocycles. The van der Waals surface area contributed by atoms with Crippen LogP contribution in [0, 0.1) is 11.8 Å². The molecule has 0 spiro atoms. The molecule has 1 aromatic rings. The predicted octanol–water partition coefficient (Wildman–Crippen LogP) is 3.76. The SMILES string of the molecule is CCC(C)OCC1CN(CC(O)c2cccc(Cl)c2)CC1C. The highest BCUT2D eigenvalue weighted by molar-refractivity contribution is 6.30. The first-order valence-corrected chi connectivity index (χ1v) is 8.64. The van der Waals surface area contributed by atoms with Gasteiger partial charge in [-0.15, -0.1) is 0 Å². The van der Waals surface area contributed by atoms with Crippen molar-refractivity contribution in [3.8, 4) is 0 Å². The van der Waals surface area contributed by atoms with Crippen molar-refractivity contribution in [2.24, 2.45) is 11.8 Å². The van der Waals surface area contributed by atoms with Gasteiger partial charge >= 0.3 is 0 Å². The van der Waals surface area contributed by atoms with Gasteiger partial charge in [0.05, 0.1) is 18.8 Å². The van der Waals surface area contributed by atoms with Gasteiger partial charge in [0.15, 0.2) is 0 Å². The van der Waals surface area contributed by atoms with E-state index in [9.17, 15) is 5.11 Å². The molecule has 1 saturated heterocycles. The van der Waals surface area contributed by atoms with E-state index in [4.69, 9.17) is 16.3 Å². The molecular formula is C18H28ClNO2. The number of nitrogens with zero attached hydrogens (tertiary/aromatic N) is 1. The van der Waals surface area contributed by atoms with Gasteiger partial charge in [0.1, 0.15) is 0 Å². The molecule has 4 unspecified atom stereocenters. The van der Waals surface area contributed by atoms with Crippen molar-refractivity contribution in [1.82, 2.24) is 4.90 Å². The Morgan fingerprint density at radius 3 is 2.86 bits per heavy atom. The highest BCUT2D eigenvalue weighted by Gasteiger charge is 2.31. The maximum Gasteiger partial charge on any atom is 0.0917 e. The molecule has 124 valence electrons. The van der Waals surface area contributed by atoms with E-state index in [2.05, 4.69) is 25.7 Å². The topological polar surface area (TPSA) is 32.7 Å². The molecule has 0 saturated carbocycles. The fourth-order valence-electron chi connectivity index (χ4n) is 2.98. The van der Waals surface area contributed by atoms with Gasteiger partial charge in [0.2, 0.25) is 0 Å². The molecule has 1 aliphatic rings. The summed E-state index contributed by atoms with van der Waals surface area (Å²) in [5.41, 5.74) is 0.888. The zero-order chi connectivity index (χ0) is 16.1. The van der Waals surface area contributed by atoms with E-state index < -0.39 is 6.10 Å². The van der Waals surface area contributed by atoms with E-state index in [1.807, 2.05) is 24.3 Å². The minimum absolute atomic E-state index is 0.332. The lowest BCUT2D eigenvalue weighted by molar-refractivity contribution is 0.0319. The minimum atomic E-state index is -0.486. The number of aliphatic hydroxyl groups is 1. The molecule has 1 fully saturated rings. The van der Waals surface area contributed by atoms with E-state index in [0.29, 0.717) is 29.5 Å². The number of hydrogen-bond donors (Lipinski definition) is 1. The molecule has 4 atom stereocenters. The third kappa shape index (κ3) is 4.95. The maximum absolute atomic E-state index is 10.4. The lowest BCUT2D eigenvalue weighted by Gasteiger charge is -2.21. The summed E-state index contributed by atoms with van der Waals surface area (Å²) >= 11 is 6.00. The van der Waals surface area contributed by atoms with Crippen molar-refractivity contribution in [3.63, 3.8) is 0 Å². The van der Waals surface area contributed by atoms with Gasteiger partial charge in [-0.05, 0) is 42.9 Å². The van der Waals surface area contributed by atoms with Crippen LogP contribution in [0.2, 0.25) is 5.02 Å². The van der Waals surface area contributed by atoms with Gasteiger partial charge in [-0.25, -0.2) is 0 Å². The van der Waals surface area contributed by atoms with Gasteiger partial charge in [0.25, 0.3) is 0 Å². The Bertz CT molecular complexity index is 468. The minimum Gasteiger partial charge on any atom is -0.387 e. The van der Waals surface area contributed by atoms with Crippen LogP contribution in [-0.2, 0) is 4.74 Å². The highest BCUT2D eigenvalue weighted by atomic mass is 35.5. The number of halogens is 1. The summed E-state index contributed by atoms with van der Waals surface area (Å²) in [6.07, 6.45) is 0.900. The summed E-state index contributed by atoms with van der Waals surface area (Å²) in [6, 6.07) is 7.49. The first-order chi connectivity index (χ1) is 10.5. The third-order valence-corrected chi connectivity index (χ3v) is 4.91. The van der Waals surface area contributed by atoms with Crippen LogP contribution in [-0.4, -0.2) is 42.4 Å². The van der Waals surface area contributed by atoms with E-state index in [0.717, 1.165) is 31.7 Å². The monoisotopic (exact) mass is 325 g/mol. The van der Waals surface area contributed by atoms with Crippen molar-refractivity contribution < 1.29 is 9.84 Å².